The second-order valence-corrected chi connectivity index (χ2v) is 4.83. The minimum Gasteiger partial charge on any atom is -0.295 e. The molecule has 0 radical (unpaired) electrons. The van der Waals surface area contributed by atoms with Gasteiger partial charge in [0.25, 0.3) is 5.69 Å². The fourth-order valence-electron chi connectivity index (χ4n) is 1.63. The number of nitrogens with zero attached hydrogens (tertiary/aromatic N) is 1. The summed E-state index contributed by atoms with van der Waals surface area (Å²) < 4.78 is 2.85. The molecule has 1 aliphatic rings. The molecule has 0 bridgehead atoms. The van der Waals surface area contributed by atoms with Gasteiger partial charge in [-0.15, -0.1) is 0 Å². The topological polar surface area (TPSA) is 101 Å². The first kappa shape index (κ1) is 13.5. The Morgan fingerprint density at radius 1 is 1.37 bits per heavy atom. The molecule has 0 spiro atoms. The van der Waals surface area contributed by atoms with Gasteiger partial charge in [0.1, 0.15) is 4.90 Å². The highest BCUT2D eigenvalue weighted by Crippen LogP contribution is 2.27. The average Bonchev–Trinajstić information content (AvgIpc) is 2.38. The van der Waals surface area contributed by atoms with Crippen LogP contribution in [0.4, 0.5) is 5.69 Å². The molecule has 1 saturated heterocycles. The third kappa shape index (κ3) is 3.30. The van der Waals surface area contributed by atoms with E-state index in [0.29, 0.717) is 11.3 Å². The van der Waals surface area contributed by atoms with Gasteiger partial charge in [-0.1, -0.05) is 12.1 Å². The van der Waals surface area contributed by atoms with Crippen molar-refractivity contribution in [3.63, 3.8) is 0 Å². The molecule has 8 heteroatoms. The van der Waals surface area contributed by atoms with Crippen molar-refractivity contribution in [3.8, 4) is 0 Å². The predicted octanol–water partition coefficient (Wildman–Crippen LogP) is 0.997. The van der Waals surface area contributed by atoms with E-state index in [4.69, 9.17) is 0 Å². The summed E-state index contributed by atoms with van der Waals surface area (Å²) in [7, 11) is 0. The van der Waals surface area contributed by atoms with Crippen LogP contribution in [0.5, 0.6) is 0 Å². The summed E-state index contributed by atoms with van der Waals surface area (Å²) in [6, 6.07) is 5.73. The first-order valence-electron chi connectivity index (χ1n) is 5.57. The van der Waals surface area contributed by atoms with E-state index in [1.807, 2.05) is 0 Å². The first-order valence-corrected chi connectivity index (χ1v) is 6.39. The van der Waals surface area contributed by atoms with Gasteiger partial charge in [0.2, 0.25) is 11.8 Å². The minimum atomic E-state index is -0.525. The molecule has 1 atom stereocenters. The summed E-state index contributed by atoms with van der Waals surface area (Å²) in [5.41, 5.74) is -0.0210. The Hall–Kier alpha value is -1.93. The van der Waals surface area contributed by atoms with Crippen molar-refractivity contribution in [2.45, 2.75) is 23.8 Å². The van der Waals surface area contributed by atoms with E-state index in [-0.39, 0.29) is 18.0 Å². The molecule has 0 aliphatic carbocycles. The van der Waals surface area contributed by atoms with Crippen LogP contribution in [0, 0.1) is 10.1 Å². The molecule has 0 saturated carbocycles. The van der Waals surface area contributed by atoms with Gasteiger partial charge in [0.05, 0.1) is 11.0 Å². The molecule has 2 amide bonds. The maximum Gasteiger partial charge on any atom is 0.284 e. The third-order valence-corrected chi connectivity index (χ3v) is 3.58. The number of nitro benzene ring substituents is 1. The molecule has 1 heterocycles. The zero-order valence-electron chi connectivity index (χ0n) is 9.79. The molecule has 19 heavy (non-hydrogen) atoms. The van der Waals surface area contributed by atoms with E-state index < -0.39 is 16.9 Å². The Morgan fingerprint density at radius 3 is 2.79 bits per heavy atom. The largest absolute Gasteiger partial charge is 0.295 e. The van der Waals surface area contributed by atoms with E-state index in [0.717, 1.165) is 11.9 Å². The molecule has 1 unspecified atom stereocenters. The van der Waals surface area contributed by atoms with Crippen LogP contribution in [-0.2, 0) is 9.59 Å². The number of para-hydroxylation sites is 1. The molecule has 1 aromatic rings. The van der Waals surface area contributed by atoms with Crippen LogP contribution in [0.25, 0.3) is 0 Å². The summed E-state index contributed by atoms with van der Waals surface area (Å²) in [6.07, 6.45) is 0.652. The molecular formula is C11H11N3O4S. The van der Waals surface area contributed by atoms with E-state index in [2.05, 4.69) is 10.0 Å². The quantitative estimate of drug-likeness (QED) is 0.369. The number of piperidine rings is 1. The van der Waals surface area contributed by atoms with Crippen molar-refractivity contribution < 1.29 is 14.5 Å². The molecule has 1 aromatic carbocycles. The van der Waals surface area contributed by atoms with Crippen molar-refractivity contribution in [1.82, 2.24) is 10.0 Å². The Morgan fingerprint density at radius 2 is 2.11 bits per heavy atom. The number of hydrogen-bond acceptors (Lipinski definition) is 6. The lowest BCUT2D eigenvalue weighted by Gasteiger charge is -2.21. The van der Waals surface area contributed by atoms with Gasteiger partial charge >= 0.3 is 0 Å². The third-order valence-electron chi connectivity index (χ3n) is 2.61. The molecule has 7 nitrogen and oxygen atoms in total. The number of amides is 2. The predicted molar refractivity (Wildman–Crippen MR) is 68.3 cm³/mol. The SMILES string of the molecule is O=C1CCC(NSc2ccccc2[N+](=O)[O-])C(=O)N1. The molecule has 0 aromatic heterocycles. The van der Waals surface area contributed by atoms with Crippen molar-refractivity contribution in [2.24, 2.45) is 0 Å². The van der Waals surface area contributed by atoms with Crippen LogP contribution in [0.1, 0.15) is 12.8 Å². The Kier molecular flexibility index (Phi) is 4.13. The highest BCUT2D eigenvalue weighted by atomic mass is 32.2. The number of imide groups is 1. The van der Waals surface area contributed by atoms with Crippen LogP contribution >= 0.6 is 11.9 Å². The fraction of sp³-hybridized carbons (Fsp3) is 0.273. The second-order valence-electron chi connectivity index (χ2n) is 3.95. The van der Waals surface area contributed by atoms with E-state index in [1.165, 1.54) is 6.07 Å². The Bertz CT molecular complexity index is 534. The van der Waals surface area contributed by atoms with Crippen molar-refractivity contribution in [3.05, 3.63) is 34.4 Å². The van der Waals surface area contributed by atoms with Crippen molar-refractivity contribution in [2.75, 3.05) is 0 Å². The van der Waals surface area contributed by atoms with Crippen LogP contribution in [0.15, 0.2) is 29.2 Å². The molecule has 2 rings (SSSR count). The average molecular weight is 281 g/mol. The fourth-order valence-corrected chi connectivity index (χ4v) is 2.52. The van der Waals surface area contributed by atoms with Gasteiger partial charge in [-0.05, 0) is 24.4 Å². The van der Waals surface area contributed by atoms with Gasteiger partial charge in [-0.25, -0.2) is 4.72 Å². The standard InChI is InChI=1S/C11H11N3O4S/c15-10-6-5-7(11(16)12-10)13-19-9-4-2-1-3-8(9)14(17)18/h1-4,7,13H,5-6H2,(H,12,15,16). The number of rotatable bonds is 4. The molecule has 1 aliphatic heterocycles. The van der Waals surface area contributed by atoms with Crippen LogP contribution in [-0.4, -0.2) is 22.8 Å². The lowest BCUT2D eigenvalue weighted by Crippen LogP contribution is -2.48. The molecule has 100 valence electrons. The summed E-state index contributed by atoms with van der Waals surface area (Å²) in [4.78, 5) is 33.3. The van der Waals surface area contributed by atoms with Crippen LogP contribution in [0.3, 0.4) is 0 Å². The minimum absolute atomic E-state index is 0.0210. The van der Waals surface area contributed by atoms with Gasteiger partial charge in [0, 0.05) is 12.5 Å². The number of carbonyl (C=O) groups is 2. The Labute approximate surface area is 113 Å². The molecule has 1 fully saturated rings. The van der Waals surface area contributed by atoms with Crippen LogP contribution < -0.4 is 10.0 Å². The summed E-state index contributed by atoms with van der Waals surface area (Å²) in [5, 5.41) is 13.0. The molecular weight excluding hydrogens is 270 g/mol. The number of nitrogens with one attached hydrogen (secondary N) is 2. The summed E-state index contributed by atoms with van der Waals surface area (Å²) >= 11 is 1.02. The highest BCUT2D eigenvalue weighted by Gasteiger charge is 2.27. The van der Waals surface area contributed by atoms with Crippen LogP contribution in [0.2, 0.25) is 0 Å². The van der Waals surface area contributed by atoms with Gasteiger partial charge in [-0.3, -0.25) is 25.0 Å². The van der Waals surface area contributed by atoms with E-state index >= 15 is 0 Å². The van der Waals surface area contributed by atoms with Gasteiger partial charge < -0.3 is 0 Å². The maximum absolute atomic E-state index is 11.5. The zero-order chi connectivity index (χ0) is 13.8. The number of hydrogen-bond donors (Lipinski definition) is 2. The lowest BCUT2D eigenvalue weighted by atomic mass is 10.1. The van der Waals surface area contributed by atoms with Crippen molar-refractivity contribution in [1.29, 1.82) is 0 Å². The zero-order valence-corrected chi connectivity index (χ0v) is 10.6. The number of benzene rings is 1. The first-order chi connectivity index (χ1) is 9.08. The van der Waals surface area contributed by atoms with Gasteiger partial charge in [0.15, 0.2) is 0 Å². The Balaban J connectivity index is 2.01. The normalized spacial score (nSPS) is 19.1. The molecule has 2 N–H and O–H groups in total. The summed E-state index contributed by atoms with van der Waals surface area (Å²) in [5.74, 6) is -0.693. The maximum atomic E-state index is 11.5. The lowest BCUT2D eigenvalue weighted by molar-refractivity contribution is -0.387. The number of nitro groups is 1. The summed E-state index contributed by atoms with van der Waals surface area (Å²) in [6.45, 7) is 0. The van der Waals surface area contributed by atoms with E-state index in [1.54, 1.807) is 18.2 Å². The van der Waals surface area contributed by atoms with Gasteiger partial charge in [-0.2, -0.15) is 0 Å². The van der Waals surface area contributed by atoms with E-state index in [9.17, 15) is 19.7 Å². The highest BCUT2D eigenvalue weighted by molar-refractivity contribution is 7.97. The monoisotopic (exact) mass is 281 g/mol. The second kappa shape index (κ2) is 5.81. The number of carbonyl (C=O) groups excluding carboxylic acids is 2. The smallest absolute Gasteiger partial charge is 0.284 e. The van der Waals surface area contributed by atoms with Crippen molar-refractivity contribution >= 4 is 29.4 Å².